The summed E-state index contributed by atoms with van der Waals surface area (Å²) in [5.74, 6) is 0. The molecule has 0 radical (unpaired) electrons. The number of hydrogen-bond donors (Lipinski definition) is 1. The van der Waals surface area contributed by atoms with E-state index in [1.165, 1.54) is 16.8 Å². The van der Waals surface area contributed by atoms with Crippen LogP contribution in [-0.2, 0) is 17.6 Å². The summed E-state index contributed by atoms with van der Waals surface area (Å²) in [7, 11) is 4.14. The van der Waals surface area contributed by atoms with Gasteiger partial charge in [-0.25, -0.2) is 0 Å². The molecule has 0 aliphatic carbocycles. The summed E-state index contributed by atoms with van der Waals surface area (Å²) in [6.07, 6.45) is 2.72. The molecule has 0 amide bonds. The minimum absolute atomic E-state index is 0.154. The van der Waals surface area contributed by atoms with Gasteiger partial charge < -0.3 is 19.6 Å². The number of nitrogens with zero attached hydrogens (tertiary/aromatic N) is 2. The van der Waals surface area contributed by atoms with Gasteiger partial charge in [0.05, 0.1) is 19.8 Å². The van der Waals surface area contributed by atoms with Crippen LogP contribution in [-0.4, -0.2) is 62.6 Å². The average Bonchev–Trinajstić information content (AvgIpc) is 2.73. The van der Waals surface area contributed by atoms with Gasteiger partial charge in [-0.15, -0.1) is 0 Å². The molecular formula is C23H32N2O2. The minimum Gasteiger partial charge on any atom is -0.394 e. The zero-order valence-corrected chi connectivity index (χ0v) is 16.6. The van der Waals surface area contributed by atoms with Crippen LogP contribution in [0.15, 0.2) is 54.6 Å². The van der Waals surface area contributed by atoms with E-state index < -0.39 is 0 Å². The molecule has 1 aliphatic rings. The number of ether oxygens (including phenoxy) is 1. The highest BCUT2D eigenvalue weighted by molar-refractivity contribution is 5.48. The van der Waals surface area contributed by atoms with Crippen molar-refractivity contribution in [1.82, 2.24) is 4.90 Å². The highest BCUT2D eigenvalue weighted by Crippen LogP contribution is 2.26. The van der Waals surface area contributed by atoms with Crippen LogP contribution in [0.5, 0.6) is 0 Å². The fourth-order valence-electron chi connectivity index (χ4n) is 3.79. The molecule has 0 spiro atoms. The van der Waals surface area contributed by atoms with Crippen molar-refractivity contribution in [1.29, 1.82) is 0 Å². The minimum atomic E-state index is -0.246. The molecule has 4 nitrogen and oxygen atoms in total. The van der Waals surface area contributed by atoms with Gasteiger partial charge in [-0.1, -0.05) is 42.5 Å². The van der Waals surface area contributed by atoms with Crippen molar-refractivity contribution >= 4 is 5.69 Å². The molecule has 1 atom stereocenters. The van der Waals surface area contributed by atoms with E-state index in [4.69, 9.17) is 4.74 Å². The van der Waals surface area contributed by atoms with Crippen LogP contribution in [0.2, 0.25) is 0 Å². The number of hydrogen-bond acceptors (Lipinski definition) is 4. The van der Waals surface area contributed by atoms with Gasteiger partial charge in [0.2, 0.25) is 0 Å². The molecule has 1 unspecified atom stereocenters. The molecule has 1 N–H and O–H groups in total. The van der Waals surface area contributed by atoms with Crippen molar-refractivity contribution in [2.75, 3.05) is 51.9 Å². The largest absolute Gasteiger partial charge is 0.394 e. The van der Waals surface area contributed by atoms with E-state index in [2.05, 4.69) is 72.4 Å². The lowest BCUT2D eigenvalue weighted by Crippen LogP contribution is -2.49. The Morgan fingerprint density at radius 3 is 2.22 bits per heavy atom. The highest BCUT2D eigenvalue weighted by atomic mass is 16.5. The van der Waals surface area contributed by atoms with E-state index in [0.717, 1.165) is 45.6 Å². The Hall–Kier alpha value is -1.88. The Bertz CT molecular complexity index is 681. The molecule has 1 fully saturated rings. The first kappa shape index (κ1) is 19.9. The number of likely N-dealkylation sites (N-methyl/N-ethyl adjacent to an activating group) is 1. The quantitative estimate of drug-likeness (QED) is 0.777. The lowest BCUT2D eigenvalue weighted by atomic mass is 9.84. The maximum Gasteiger partial charge on any atom is 0.0642 e. The third kappa shape index (κ3) is 5.10. The van der Waals surface area contributed by atoms with Crippen molar-refractivity contribution < 1.29 is 9.84 Å². The molecule has 4 heteroatoms. The maximum atomic E-state index is 10.2. The van der Waals surface area contributed by atoms with E-state index in [0.29, 0.717) is 0 Å². The van der Waals surface area contributed by atoms with Crippen LogP contribution in [0, 0.1) is 0 Å². The van der Waals surface area contributed by atoms with Crippen LogP contribution in [0.25, 0.3) is 0 Å². The second kappa shape index (κ2) is 9.36. The van der Waals surface area contributed by atoms with E-state index in [1.807, 2.05) is 6.07 Å². The molecular weight excluding hydrogens is 336 g/mol. The first-order valence-corrected chi connectivity index (χ1v) is 9.87. The van der Waals surface area contributed by atoms with Gasteiger partial charge in [0.15, 0.2) is 0 Å². The Morgan fingerprint density at radius 1 is 0.963 bits per heavy atom. The normalized spacial score (nSPS) is 17.1. The first-order chi connectivity index (χ1) is 13.1. The van der Waals surface area contributed by atoms with Crippen molar-refractivity contribution in [3.63, 3.8) is 0 Å². The zero-order valence-electron chi connectivity index (χ0n) is 16.6. The van der Waals surface area contributed by atoms with Gasteiger partial charge in [-0.3, -0.25) is 0 Å². The molecule has 0 bridgehead atoms. The number of rotatable bonds is 8. The highest BCUT2D eigenvalue weighted by Gasteiger charge is 2.31. The van der Waals surface area contributed by atoms with Gasteiger partial charge in [-0.2, -0.15) is 0 Å². The SMILES string of the molecule is CN(C)C(CO)(CCc1ccc(N2CCOCC2)cc1)Cc1ccccc1. The summed E-state index contributed by atoms with van der Waals surface area (Å²) >= 11 is 0. The van der Waals surface area contributed by atoms with Crippen molar-refractivity contribution in [3.05, 3.63) is 65.7 Å². The number of anilines is 1. The zero-order chi connectivity index (χ0) is 19.1. The molecule has 0 saturated carbocycles. The fourth-order valence-corrected chi connectivity index (χ4v) is 3.79. The number of aryl methyl sites for hydroxylation is 1. The van der Waals surface area contributed by atoms with E-state index in [9.17, 15) is 5.11 Å². The number of morpholine rings is 1. The summed E-state index contributed by atoms with van der Waals surface area (Å²) in [5.41, 5.74) is 3.61. The molecule has 146 valence electrons. The van der Waals surface area contributed by atoms with Crippen LogP contribution in [0.1, 0.15) is 17.5 Å². The monoisotopic (exact) mass is 368 g/mol. The molecule has 2 aromatic rings. The predicted octanol–water partition coefficient (Wildman–Crippen LogP) is 2.99. The smallest absolute Gasteiger partial charge is 0.0642 e. The van der Waals surface area contributed by atoms with Gasteiger partial charge in [0.25, 0.3) is 0 Å². The summed E-state index contributed by atoms with van der Waals surface area (Å²) in [5, 5.41) is 10.2. The van der Waals surface area contributed by atoms with Crippen LogP contribution < -0.4 is 4.90 Å². The Morgan fingerprint density at radius 2 is 1.63 bits per heavy atom. The summed E-state index contributed by atoms with van der Waals surface area (Å²) in [4.78, 5) is 4.56. The Balaban J connectivity index is 1.66. The molecule has 27 heavy (non-hydrogen) atoms. The summed E-state index contributed by atoms with van der Waals surface area (Å²) < 4.78 is 5.43. The van der Waals surface area contributed by atoms with Gasteiger partial charge >= 0.3 is 0 Å². The second-order valence-corrected chi connectivity index (χ2v) is 7.71. The third-order valence-corrected chi connectivity index (χ3v) is 5.81. The number of benzene rings is 2. The summed E-state index contributed by atoms with van der Waals surface area (Å²) in [6.45, 7) is 3.70. The van der Waals surface area contributed by atoms with Gasteiger partial charge in [0.1, 0.15) is 0 Å². The standard InChI is InChI=1S/C23H32N2O2/c1-24(2)23(19-26,18-21-6-4-3-5-7-21)13-12-20-8-10-22(11-9-20)25-14-16-27-17-15-25/h3-11,26H,12-19H2,1-2H3. The van der Waals surface area contributed by atoms with Crippen LogP contribution >= 0.6 is 0 Å². The van der Waals surface area contributed by atoms with Crippen LogP contribution in [0.3, 0.4) is 0 Å². The predicted molar refractivity (Wildman–Crippen MR) is 111 cm³/mol. The number of aliphatic hydroxyl groups is 1. The molecule has 0 aromatic heterocycles. The molecule has 2 aromatic carbocycles. The van der Waals surface area contributed by atoms with Crippen molar-refractivity contribution in [3.8, 4) is 0 Å². The first-order valence-electron chi connectivity index (χ1n) is 9.87. The molecule has 1 saturated heterocycles. The van der Waals surface area contributed by atoms with Crippen molar-refractivity contribution in [2.45, 2.75) is 24.8 Å². The maximum absolute atomic E-state index is 10.2. The Kier molecular flexibility index (Phi) is 6.89. The van der Waals surface area contributed by atoms with Crippen molar-refractivity contribution in [2.24, 2.45) is 0 Å². The lowest BCUT2D eigenvalue weighted by Gasteiger charge is -2.39. The van der Waals surface area contributed by atoms with E-state index >= 15 is 0 Å². The number of aliphatic hydroxyl groups excluding tert-OH is 1. The molecule has 1 heterocycles. The second-order valence-electron chi connectivity index (χ2n) is 7.71. The molecule has 3 rings (SSSR count). The van der Waals surface area contributed by atoms with E-state index in [1.54, 1.807) is 0 Å². The fraction of sp³-hybridized carbons (Fsp3) is 0.478. The summed E-state index contributed by atoms with van der Waals surface area (Å²) in [6, 6.07) is 19.3. The van der Waals surface area contributed by atoms with Gasteiger partial charge in [0, 0.05) is 24.3 Å². The van der Waals surface area contributed by atoms with E-state index in [-0.39, 0.29) is 12.1 Å². The Labute approximate surface area is 163 Å². The molecule has 1 aliphatic heterocycles. The topological polar surface area (TPSA) is 35.9 Å². The third-order valence-electron chi connectivity index (χ3n) is 5.81. The lowest BCUT2D eigenvalue weighted by molar-refractivity contribution is 0.0605. The van der Waals surface area contributed by atoms with Gasteiger partial charge in [-0.05, 0) is 56.6 Å². The van der Waals surface area contributed by atoms with Crippen LogP contribution in [0.4, 0.5) is 5.69 Å². The average molecular weight is 369 g/mol.